The number of anilines is 1. The molecule has 1 aliphatic heterocycles. The van der Waals surface area contributed by atoms with E-state index in [0.717, 1.165) is 23.2 Å². The van der Waals surface area contributed by atoms with Crippen LogP contribution in [0.15, 0.2) is 58.3 Å². The van der Waals surface area contributed by atoms with E-state index in [1.165, 1.54) is 53.8 Å². The zero-order valence-electron chi connectivity index (χ0n) is 16.3. The Hall–Kier alpha value is -2.34. The van der Waals surface area contributed by atoms with Gasteiger partial charge in [-0.1, -0.05) is 6.07 Å². The van der Waals surface area contributed by atoms with E-state index in [2.05, 4.69) is 5.32 Å². The van der Waals surface area contributed by atoms with Crippen molar-refractivity contribution in [3.05, 3.63) is 54.3 Å². The molecule has 0 aromatic heterocycles. The molecule has 30 heavy (non-hydrogen) atoms. The van der Waals surface area contributed by atoms with E-state index in [9.17, 15) is 26.0 Å². The monoisotopic (exact) mass is 455 g/mol. The molecule has 0 aliphatic carbocycles. The molecule has 0 spiro atoms. The number of amides is 1. The molecule has 3 rings (SSSR count). The maximum absolute atomic E-state index is 13.2. The van der Waals surface area contributed by atoms with Crippen LogP contribution < -0.4 is 5.32 Å². The van der Waals surface area contributed by atoms with Gasteiger partial charge in [0.25, 0.3) is 0 Å². The molecule has 11 heteroatoms. The van der Waals surface area contributed by atoms with E-state index in [1.54, 1.807) is 0 Å². The molecule has 0 bridgehead atoms. The van der Waals surface area contributed by atoms with Gasteiger partial charge in [-0.25, -0.2) is 21.2 Å². The number of nitrogens with zero attached hydrogens (tertiary/aromatic N) is 2. The Morgan fingerprint density at radius 2 is 1.63 bits per heavy atom. The molecule has 0 radical (unpaired) electrons. The second-order valence-electron chi connectivity index (χ2n) is 6.90. The third-order valence-electron chi connectivity index (χ3n) is 4.71. The van der Waals surface area contributed by atoms with Gasteiger partial charge in [-0.15, -0.1) is 0 Å². The zero-order chi connectivity index (χ0) is 21.9. The number of rotatable bonds is 7. The Kier molecular flexibility index (Phi) is 6.56. The van der Waals surface area contributed by atoms with Crippen molar-refractivity contribution in [2.75, 3.05) is 32.0 Å². The SMILES string of the molecule is CN(CC(=O)Nc1cccc(F)c1)S(=O)(=O)c1ccc(S(=O)(=O)N2CCCC2)cc1. The molecule has 0 saturated carbocycles. The van der Waals surface area contributed by atoms with Gasteiger partial charge in [0.05, 0.1) is 16.3 Å². The molecule has 2 aromatic carbocycles. The lowest BCUT2D eigenvalue weighted by Crippen LogP contribution is -2.35. The van der Waals surface area contributed by atoms with Crippen molar-refractivity contribution >= 4 is 31.6 Å². The highest BCUT2D eigenvalue weighted by atomic mass is 32.2. The molecular weight excluding hydrogens is 433 g/mol. The molecule has 1 N–H and O–H groups in total. The van der Waals surface area contributed by atoms with E-state index in [0.29, 0.717) is 13.1 Å². The highest BCUT2D eigenvalue weighted by Gasteiger charge is 2.28. The van der Waals surface area contributed by atoms with Gasteiger partial charge >= 0.3 is 0 Å². The Balaban J connectivity index is 1.70. The summed E-state index contributed by atoms with van der Waals surface area (Å²) in [7, 11) is -6.44. The lowest BCUT2D eigenvalue weighted by Gasteiger charge is -2.18. The Morgan fingerprint density at radius 3 is 2.23 bits per heavy atom. The molecular formula is C19H22FN3O5S2. The standard InChI is InChI=1S/C19H22FN3O5S2/c1-22(14-19(24)21-16-6-4-5-15(20)13-16)29(25,26)17-7-9-18(10-8-17)30(27,28)23-11-2-3-12-23/h4-10,13H,2-3,11-12,14H2,1H3,(H,21,24). The van der Waals surface area contributed by atoms with Gasteiger partial charge < -0.3 is 5.32 Å². The summed E-state index contributed by atoms with van der Waals surface area (Å²) in [4.78, 5) is 12.0. The average molecular weight is 456 g/mol. The predicted octanol–water partition coefficient (Wildman–Crippen LogP) is 1.87. The van der Waals surface area contributed by atoms with Gasteiger partial charge in [-0.05, 0) is 55.3 Å². The molecule has 1 heterocycles. The van der Waals surface area contributed by atoms with E-state index in [4.69, 9.17) is 0 Å². The Labute approximate surface area is 175 Å². The predicted molar refractivity (Wildman–Crippen MR) is 109 cm³/mol. The zero-order valence-corrected chi connectivity index (χ0v) is 17.9. The van der Waals surface area contributed by atoms with Crippen LogP contribution in [0.3, 0.4) is 0 Å². The second-order valence-corrected chi connectivity index (χ2v) is 10.9. The van der Waals surface area contributed by atoms with E-state index >= 15 is 0 Å². The highest BCUT2D eigenvalue weighted by Crippen LogP contribution is 2.23. The molecule has 1 aliphatic rings. The lowest BCUT2D eigenvalue weighted by atomic mass is 10.3. The van der Waals surface area contributed by atoms with Crippen molar-refractivity contribution in [2.24, 2.45) is 0 Å². The van der Waals surface area contributed by atoms with E-state index in [-0.39, 0.29) is 15.5 Å². The number of sulfonamides is 2. The minimum absolute atomic E-state index is 0.0230. The van der Waals surface area contributed by atoms with Crippen LogP contribution in [0.5, 0.6) is 0 Å². The summed E-state index contributed by atoms with van der Waals surface area (Å²) in [5.41, 5.74) is 0.210. The van der Waals surface area contributed by atoms with Gasteiger partial charge in [0.2, 0.25) is 26.0 Å². The molecule has 1 amide bonds. The average Bonchev–Trinajstić information content (AvgIpc) is 3.23. The van der Waals surface area contributed by atoms with Crippen molar-refractivity contribution in [1.29, 1.82) is 0 Å². The molecule has 0 atom stereocenters. The van der Waals surface area contributed by atoms with Crippen LogP contribution in [0.2, 0.25) is 0 Å². The van der Waals surface area contributed by atoms with Crippen molar-refractivity contribution in [3.63, 3.8) is 0 Å². The van der Waals surface area contributed by atoms with Gasteiger partial charge in [0.1, 0.15) is 5.82 Å². The number of halogens is 1. The van der Waals surface area contributed by atoms with Crippen molar-refractivity contribution in [3.8, 4) is 0 Å². The number of likely N-dealkylation sites (N-methyl/N-ethyl adjacent to an activating group) is 1. The summed E-state index contributed by atoms with van der Waals surface area (Å²) in [6.07, 6.45) is 1.60. The Bertz CT molecular complexity index is 1130. The highest BCUT2D eigenvalue weighted by molar-refractivity contribution is 7.89. The molecule has 8 nitrogen and oxygen atoms in total. The van der Waals surface area contributed by atoms with Crippen LogP contribution >= 0.6 is 0 Å². The first kappa shape index (κ1) is 22.3. The lowest BCUT2D eigenvalue weighted by molar-refractivity contribution is -0.116. The van der Waals surface area contributed by atoms with Crippen LogP contribution in [-0.4, -0.2) is 58.0 Å². The molecule has 2 aromatic rings. The molecule has 1 fully saturated rings. The number of hydrogen-bond donors (Lipinski definition) is 1. The molecule has 162 valence electrons. The maximum atomic E-state index is 13.2. The molecule has 0 unspecified atom stereocenters. The van der Waals surface area contributed by atoms with Crippen LogP contribution in [-0.2, 0) is 24.8 Å². The normalized spacial score (nSPS) is 15.4. The van der Waals surface area contributed by atoms with Crippen molar-refractivity contribution in [1.82, 2.24) is 8.61 Å². The smallest absolute Gasteiger partial charge is 0.243 e. The summed E-state index contributed by atoms with van der Waals surface area (Å²) >= 11 is 0. The fraction of sp³-hybridized carbons (Fsp3) is 0.316. The first-order chi connectivity index (χ1) is 14.1. The third kappa shape index (κ3) is 4.86. The second kappa shape index (κ2) is 8.80. The van der Waals surface area contributed by atoms with Crippen LogP contribution in [0.25, 0.3) is 0 Å². The van der Waals surface area contributed by atoms with Gasteiger partial charge in [0, 0.05) is 25.8 Å². The van der Waals surface area contributed by atoms with Gasteiger partial charge in [-0.3, -0.25) is 4.79 Å². The summed E-state index contributed by atoms with van der Waals surface area (Å²) in [6, 6.07) is 10.2. The van der Waals surface area contributed by atoms with Crippen molar-refractivity contribution < 1.29 is 26.0 Å². The number of nitrogens with one attached hydrogen (secondary N) is 1. The fourth-order valence-electron chi connectivity index (χ4n) is 3.10. The summed E-state index contributed by atoms with van der Waals surface area (Å²) in [6.45, 7) is 0.407. The first-order valence-electron chi connectivity index (χ1n) is 9.23. The largest absolute Gasteiger partial charge is 0.325 e. The Morgan fingerprint density at radius 1 is 1.03 bits per heavy atom. The summed E-state index contributed by atoms with van der Waals surface area (Å²) in [5.74, 6) is -1.17. The topological polar surface area (TPSA) is 104 Å². The summed E-state index contributed by atoms with van der Waals surface area (Å²) < 4.78 is 66.0. The minimum Gasteiger partial charge on any atom is -0.325 e. The number of hydrogen-bond acceptors (Lipinski definition) is 5. The number of carbonyl (C=O) groups is 1. The first-order valence-corrected chi connectivity index (χ1v) is 12.1. The van der Waals surface area contributed by atoms with Crippen LogP contribution in [0.4, 0.5) is 10.1 Å². The quantitative estimate of drug-likeness (QED) is 0.687. The third-order valence-corrected chi connectivity index (χ3v) is 8.44. The van der Waals surface area contributed by atoms with Crippen LogP contribution in [0, 0.1) is 5.82 Å². The van der Waals surface area contributed by atoms with Crippen molar-refractivity contribution in [2.45, 2.75) is 22.6 Å². The van der Waals surface area contributed by atoms with Crippen LogP contribution in [0.1, 0.15) is 12.8 Å². The number of carbonyl (C=O) groups excluding carboxylic acids is 1. The fourth-order valence-corrected chi connectivity index (χ4v) is 5.74. The summed E-state index contributed by atoms with van der Waals surface area (Å²) in [5, 5.41) is 2.43. The minimum atomic E-state index is -4.03. The van der Waals surface area contributed by atoms with E-state index < -0.39 is 38.3 Å². The molecule has 1 saturated heterocycles. The van der Waals surface area contributed by atoms with E-state index in [1.807, 2.05) is 0 Å². The maximum Gasteiger partial charge on any atom is 0.243 e. The van der Waals surface area contributed by atoms with Gasteiger partial charge in [0.15, 0.2) is 0 Å². The number of benzene rings is 2. The van der Waals surface area contributed by atoms with Gasteiger partial charge in [-0.2, -0.15) is 8.61 Å².